The Labute approximate surface area is 113 Å². The SMILES string of the molecule is CC(C)(C)c1ccc(-n2cncc2C(N)CO)cc1. The first kappa shape index (κ1) is 13.8. The first-order valence-electron chi connectivity index (χ1n) is 6.43. The summed E-state index contributed by atoms with van der Waals surface area (Å²) in [6, 6.07) is 7.92. The van der Waals surface area contributed by atoms with E-state index in [2.05, 4.69) is 50.0 Å². The lowest BCUT2D eigenvalue weighted by molar-refractivity contribution is 0.265. The molecule has 0 aliphatic heterocycles. The molecule has 3 N–H and O–H groups in total. The highest BCUT2D eigenvalue weighted by Crippen LogP contribution is 2.24. The van der Waals surface area contributed by atoms with E-state index in [1.807, 2.05) is 4.57 Å². The lowest BCUT2D eigenvalue weighted by Crippen LogP contribution is -2.18. The van der Waals surface area contributed by atoms with Gasteiger partial charge >= 0.3 is 0 Å². The van der Waals surface area contributed by atoms with Crippen molar-refractivity contribution in [3.63, 3.8) is 0 Å². The van der Waals surface area contributed by atoms with Crippen molar-refractivity contribution in [1.82, 2.24) is 9.55 Å². The van der Waals surface area contributed by atoms with Crippen molar-refractivity contribution >= 4 is 0 Å². The van der Waals surface area contributed by atoms with Crippen LogP contribution in [0.4, 0.5) is 0 Å². The van der Waals surface area contributed by atoms with Crippen LogP contribution in [0.15, 0.2) is 36.8 Å². The van der Waals surface area contributed by atoms with E-state index in [1.165, 1.54) is 5.56 Å². The van der Waals surface area contributed by atoms with Crippen LogP contribution in [-0.2, 0) is 5.41 Å². The van der Waals surface area contributed by atoms with Gasteiger partial charge in [-0.3, -0.25) is 0 Å². The zero-order valence-electron chi connectivity index (χ0n) is 11.7. The summed E-state index contributed by atoms with van der Waals surface area (Å²) >= 11 is 0. The molecular weight excluding hydrogens is 238 g/mol. The minimum atomic E-state index is -0.412. The summed E-state index contributed by atoms with van der Waals surface area (Å²) in [5.74, 6) is 0. The van der Waals surface area contributed by atoms with Crippen molar-refractivity contribution in [2.24, 2.45) is 5.73 Å². The summed E-state index contributed by atoms with van der Waals surface area (Å²) in [4.78, 5) is 4.11. The Hall–Kier alpha value is -1.65. The molecule has 2 aromatic rings. The third-order valence-electron chi connectivity index (χ3n) is 3.26. The van der Waals surface area contributed by atoms with E-state index in [0.29, 0.717) is 0 Å². The van der Waals surface area contributed by atoms with E-state index in [1.54, 1.807) is 12.5 Å². The Bertz CT molecular complexity index is 537. The normalized spacial score (nSPS) is 13.5. The molecule has 0 spiro atoms. The Morgan fingerprint density at radius 3 is 2.42 bits per heavy atom. The first-order chi connectivity index (χ1) is 8.93. The molecule has 0 bridgehead atoms. The molecule has 0 radical (unpaired) electrons. The second-order valence-corrected chi connectivity index (χ2v) is 5.77. The molecule has 0 amide bonds. The van der Waals surface area contributed by atoms with Gasteiger partial charge in [0.2, 0.25) is 0 Å². The largest absolute Gasteiger partial charge is 0.394 e. The third-order valence-corrected chi connectivity index (χ3v) is 3.26. The maximum absolute atomic E-state index is 9.16. The fourth-order valence-corrected chi connectivity index (χ4v) is 2.01. The highest BCUT2D eigenvalue weighted by molar-refractivity contribution is 5.38. The molecule has 1 heterocycles. The number of nitrogens with two attached hydrogens (primary N) is 1. The summed E-state index contributed by atoms with van der Waals surface area (Å²) in [5.41, 5.74) is 9.10. The molecule has 4 nitrogen and oxygen atoms in total. The van der Waals surface area contributed by atoms with Crippen LogP contribution < -0.4 is 5.73 Å². The molecule has 0 saturated carbocycles. The van der Waals surface area contributed by atoms with E-state index < -0.39 is 6.04 Å². The number of imidazole rings is 1. The Morgan fingerprint density at radius 1 is 1.26 bits per heavy atom. The van der Waals surface area contributed by atoms with Crippen LogP contribution in [0.1, 0.15) is 38.1 Å². The number of aromatic nitrogens is 2. The molecule has 1 unspecified atom stereocenters. The van der Waals surface area contributed by atoms with Crippen molar-refractivity contribution in [3.05, 3.63) is 48.0 Å². The highest BCUT2D eigenvalue weighted by atomic mass is 16.3. The van der Waals surface area contributed by atoms with Gasteiger partial charge < -0.3 is 15.4 Å². The summed E-state index contributed by atoms with van der Waals surface area (Å²) in [5, 5.41) is 9.16. The maximum Gasteiger partial charge on any atom is 0.0994 e. The summed E-state index contributed by atoms with van der Waals surface area (Å²) in [6.45, 7) is 6.47. The number of hydrogen-bond acceptors (Lipinski definition) is 3. The van der Waals surface area contributed by atoms with Gasteiger partial charge in [0.15, 0.2) is 0 Å². The molecule has 102 valence electrons. The maximum atomic E-state index is 9.16. The van der Waals surface area contributed by atoms with Crippen molar-refractivity contribution in [2.45, 2.75) is 32.2 Å². The van der Waals surface area contributed by atoms with Gasteiger partial charge in [-0.1, -0.05) is 32.9 Å². The zero-order valence-corrected chi connectivity index (χ0v) is 11.7. The second-order valence-electron chi connectivity index (χ2n) is 5.77. The topological polar surface area (TPSA) is 64.1 Å². The summed E-state index contributed by atoms with van der Waals surface area (Å²) in [7, 11) is 0. The molecule has 0 aliphatic rings. The van der Waals surface area contributed by atoms with Crippen LogP contribution >= 0.6 is 0 Å². The minimum absolute atomic E-state index is 0.0915. The van der Waals surface area contributed by atoms with E-state index >= 15 is 0 Å². The number of benzene rings is 1. The van der Waals surface area contributed by atoms with Gasteiger partial charge in [0.1, 0.15) is 0 Å². The van der Waals surface area contributed by atoms with Crippen molar-refractivity contribution in [3.8, 4) is 5.69 Å². The molecule has 2 rings (SSSR count). The van der Waals surface area contributed by atoms with Gasteiger partial charge in [0, 0.05) is 5.69 Å². The molecule has 0 aliphatic carbocycles. The average molecular weight is 259 g/mol. The molecule has 4 heteroatoms. The third kappa shape index (κ3) is 2.85. The predicted octanol–water partition coefficient (Wildman–Crippen LogP) is 2.16. The fourth-order valence-electron chi connectivity index (χ4n) is 2.01. The van der Waals surface area contributed by atoms with Gasteiger partial charge in [-0.25, -0.2) is 4.98 Å². The van der Waals surface area contributed by atoms with Crippen LogP contribution in [0.3, 0.4) is 0 Å². The van der Waals surface area contributed by atoms with Gasteiger partial charge in [0.05, 0.1) is 30.9 Å². The number of nitrogens with zero attached hydrogens (tertiary/aromatic N) is 2. The lowest BCUT2D eigenvalue weighted by atomic mass is 9.87. The summed E-state index contributed by atoms with van der Waals surface area (Å²) < 4.78 is 1.91. The zero-order chi connectivity index (χ0) is 14.0. The van der Waals surface area contributed by atoms with Crippen molar-refractivity contribution < 1.29 is 5.11 Å². The Kier molecular flexibility index (Phi) is 3.73. The Morgan fingerprint density at radius 2 is 1.89 bits per heavy atom. The van der Waals surface area contributed by atoms with Gasteiger partial charge in [-0.15, -0.1) is 0 Å². The summed E-state index contributed by atoms with van der Waals surface area (Å²) in [6.07, 6.45) is 3.41. The van der Waals surface area contributed by atoms with Crippen LogP contribution in [0.25, 0.3) is 5.69 Å². The Balaban J connectivity index is 2.36. The van der Waals surface area contributed by atoms with Gasteiger partial charge in [0.25, 0.3) is 0 Å². The van der Waals surface area contributed by atoms with Crippen LogP contribution in [-0.4, -0.2) is 21.3 Å². The quantitative estimate of drug-likeness (QED) is 0.887. The van der Waals surface area contributed by atoms with Crippen LogP contribution in [0, 0.1) is 0 Å². The van der Waals surface area contributed by atoms with Gasteiger partial charge in [-0.05, 0) is 23.1 Å². The molecule has 0 fully saturated rings. The number of rotatable bonds is 3. The molecule has 19 heavy (non-hydrogen) atoms. The standard InChI is InChI=1S/C15H21N3O/c1-15(2,3)11-4-6-12(7-5-11)18-10-17-8-14(18)13(16)9-19/h4-8,10,13,19H,9,16H2,1-3H3. The molecular formula is C15H21N3O. The molecule has 1 aromatic heterocycles. The van der Waals surface area contributed by atoms with Crippen LogP contribution in [0.2, 0.25) is 0 Å². The average Bonchev–Trinajstić information content (AvgIpc) is 2.86. The molecule has 0 saturated heterocycles. The van der Waals surface area contributed by atoms with E-state index in [9.17, 15) is 0 Å². The molecule has 1 atom stereocenters. The minimum Gasteiger partial charge on any atom is -0.394 e. The van der Waals surface area contributed by atoms with Crippen molar-refractivity contribution in [2.75, 3.05) is 6.61 Å². The monoisotopic (exact) mass is 259 g/mol. The molecule has 1 aromatic carbocycles. The fraction of sp³-hybridized carbons (Fsp3) is 0.400. The number of aliphatic hydroxyl groups excluding tert-OH is 1. The second kappa shape index (κ2) is 5.15. The van der Waals surface area contributed by atoms with E-state index in [-0.39, 0.29) is 12.0 Å². The van der Waals surface area contributed by atoms with E-state index in [0.717, 1.165) is 11.4 Å². The lowest BCUT2D eigenvalue weighted by Gasteiger charge is -2.20. The van der Waals surface area contributed by atoms with Gasteiger partial charge in [-0.2, -0.15) is 0 Å². The predicted molar refractivity (Wildman–Crippen MR) is 76.3 cm³/mol. The number of aliphatic hydroxyl groups is 1. The van der Waals surface area contributed by atoms with Crippen molar-refractivity contribution in [1.29, 1.82) is 0 Å². The number of hydrogen-bond donors (Lipinski definition) is 2. The smallest absolute Gasteiger partial charge is 0.0994 e. The van der Waals surface area contributed by atoms with Crippen LogP contribution in [0.5, 0.6) is 0 Å². The first-order valence-corrected chi connectivity index (χ1v) is 6.43. The van der Waals surface area contributed by atoms with E-state index in [4.69, 9.17) is 10.8 Å². The highest BCUT2D eigenvalue weighted by Gasteiger charge is 2.15.